The van der Waals surface area contributed by atoms with E-state index >= 15 is 0 Å². The highest BCUT2D eigenvalue weighted by atomic mass is 32.2. The SMILES string of the molecule is O=S1(=O)C[C@@H]2[C@H](C1)N(Cc1cscn1)CCN2c1ncccn1. The van der Waals surface area contributed by atoms with Gasteiger partial charge in [-0.2, -0.15) is 0 Å². The highest BCUT2D eigenvalue weighted by Gasteiger charge is 2.47. The van der Waals surface area contributed by atoms with Gasteiger partial charge in [-0.1, -0.05) is 0 Å². The van der Waals surface area contributed by atoms with Crippen molar-refractivity contribution in [3.63, 3.8) is 0 Å². The maximum atomic E-state index is 12.2. The zero-order valence-electron chi connectivity index (χ0n) is 12.4. The van der Waals surface area contributed by atoms with Crippen LogP contribution in [0.1, 0.15) is 5.69 Å². The Hall–Kier alpha value is -1.58. The molecule has 2 fully saturated rings. The first-order valence-electron chi connectivity index (χ1n) is 7.47. The predicted molar refractivity (Wildman–Crippen MR) is 88.1 cm³/mol. The fourth-order valence-electron chi connectivity index (χ4n) is 3.43. The van der Waals surface area contributed by atoms with Crippen LogP contribution in [-0.4, -0.2) is 64.9 Å². The molecule has 2 aromatic heterocycles. The van der Waals surface area contributed by atoms with Gasteiger partial charge in [0.05, 0.1) is 28.8 Å². The molecule has 23 heavy (non-hydrogen) atoms. The molecule has 4 heterocycles. The largest absolute Gasteiger partial charge is 0.334 e. The Kier molecular flexibility index (Phi) is 3.78. The zero-order chi connectivity index (χ0) is 15.9. The molecular weight excluding hydrogens is 334 g/mol. The molecule has 0 bridgehead atoms. The van der Waals surface area contributed by atoms with Crippen LogP contribution in [0.25, 0.3) is 0 Å². The minimum Gasteiger partial charge on any atom is -0.334 e. The number of anilines is 1. The first-order chi connectivity index (χ1) is 11.1. The van der Waals surface area contributed by atoms with Gasteiger partial charge in [0.2, 0.25) is 5.95 Å². The summed E-state index contributed by atoms with van der Waals surface area (Å²) in [6, 6.07) is 1.65. The van der Waals surface area contributed by atoms with Crippen molar-refractivity contribution < 1.29 is 8.42 Å². The number of hydrogen-bond donors (Lipinski definition) is 0. The summed E-state index contributed by atoms with van der Waals surface area (Å²) < 4.78 is 24.4. The van der Waals surface area contributed by atoms with Gasteiger partial charge in [0, 0.05) is 43.4 Å². The number of nitrogens with zero attached hydrogens (tertiary/aromatic N) is 5. The van der Waals surface area contributed by atoms with Gasteiger partial charge in [-0.15, -0.1) is 11.3 Å². The Morgan fingerprint density at radius 1 is 1.13 bits per heavy atom. The van der Waals surface area contributed by atoms with E-state index in [2.05, 4.69) is 19.9 Å². The van der Waals surface area contributed by atoms with Crippen LogP contribution < -0.4 is 4.90 Å². The zero-order valence-corrected chi connectivity index (χ0v) is 14.1. The molecule has 2 atom stereocenters. The van der Waals surface area contributed by atoms with E-state index in [1.54, 1.807) is 29.8 Å². The molecule has 0 N–H and O–H groups in total. The van der Waals surface area contributed by atoms with Crippen molar-refractivity contribution in [3.05, 3.63) is 35.0 Å². The predicted octanol–water partition coefficient (Wildman–Crippen LogP) is 0.421. The number of fused-ring (bicyclic) bond motifs is 1. The summed E-state index contributed by atoms with van der Waals surface area (Å²) in [6.45, 7) is 2.21. The molecule has 2 aromatic rings. The second-order valence-corrected chi connectivity index (χ2v) is 8.78. The van der Waals surface area contributed by atoms with E-state index in [9.17, 15) is 8.42 Å². The van der Waals surface area contributed by atoms with E-state index in [1.807, 2.05) is 15.8 Å². The van der Waals surface area contributed by atoms with Gasteiger partial charge in [0.15, 0.2) is 9.84 Å². The molecule has 2 aliphatic heterocycles. The lowest BCUT2D eigenvalue weighted by molar-refractivity contribution is 0.157. The normalized spacial score (nSPS) is 27.0. The summed E-state index contributed by atoms with van der Waals surface area (Å²) in [5.74, 6) is 0.988. The maximum Gasteiger partial charge on any atom is 0.225 e. The standard InChI is InChI=1S/C14H17N5O2S2/c20-23(21)8-12-13(9-23)19(14-15-2-1-3-16-14)5-4-18(12)6-11-7-22-10-17-11/h1-3,7,10,12-13H,4-6,8-9H2/t12-,13+/m0/s1. The topological polar surface area (TPSA) is 79.3 Å². The first-order valence-corrected chi connectivity index (χ1v) is 10.2. The van der Waals surface area contributed by atoms with Gasteiger partial charge < -0.3 is 4.90 Å². The summed E-state index contributed by atoms with van der Waals surface area (Å²) in [5.41, 5.74) is 2.81. The third-order valence-electron chi connectivity index (χ3n) is 4.45. The Morgan fingerprint density at radius 2 is 1.91 bits per heavy atom. The monoisotopic (exact) mass is 351 g/mol. The Labute approximate surface area is 138 Å². The van der Waals surface area contributed by atoms with Crippen LogP contribution in [-0.2, 0) is 16.4 Å². The van der Waals surface area contributed by atoms with Gasteiger partial charge in [0.25, 0.3) is 0 Å². The van der Waals surface area contributed by atoms with Crippen LogP contribution in [0.5, 0.6) is 0 Å². The highest BCUT2D eigenvalue weighted by molar-refractivity contribution is 7.91. The van der Waals surface area contributed by atoms with E-state index in [4.69, 9.17) is 0 Å². The van der Waals surface area contributed by atoms with Crippen molar-refractivity contribution >= 4 is 27.1 Å². The van der Waals surface area contributed by atoms with Crippen LogP contribution >= 0.6 is 11.3 Å². The number of thiazole rings is 1. The average molecular weight is 351 g/mol. The van der Waals surface area contributed by atoms with Crippen LogP contribution in [0.3, 0.4) is 0 Å². The van der Waals surface area contributed by atoms with Gasteiger partial charge in [-0.3, -0.25) is 4.90 Å². The molecule has 0 aliphatic carbocycles. The molecule has 0 amide bonds. The van der Waals surface area contributed by atoms with E-state index < -0.39 is 9.84 Å². The van der Waals surface area contributed by atoms with E-state index in [1.165, 1.54) is 0 Å². The Balaban J connectivity index is 1.61. The molecule has 122 valence electrons. The molecule has 0 saturated carbocycles. The molecule has 7 nitrogen and oxygen atoms in total. The second kappa shape index (κ2) is 5.81. The van der Waals surface area contributed by atoms with Crippen molar-refractivity contribution in [2.45, 2.75) is 18.6 Å². The van der Waals surface area contributed by atoms with Crippen LogP contribution in [0.4, 0.5) is 5.95 Å². The minimum absolute atomic E-state index is 0.0285. The second-order valence-electron chi connectivity index (χ2n) is 5.90. The number of aromatic nitrogens is 3. The quantitative estimate of drug-likeness (QED) is 0.793. The van der Waals surface area contributed by atoms with Crippen molar-refractivity contribution in [2.24, 2.45) is 0 Å². The number of hydrogen-bond acceptors (Lipinski definition) is 8. The lowest BCUT2D eigenvalue weighted by atomic mass is 10.0. The molecule has 2 aliphatic rings. The third kappa shape index (κ3) is 2.96. The molecule has 0 radical (unpaired) electrons. The Morgan fingerprint density at radius 3 is 2.65 bits per heavy atom. The maximum absolute atomic E-state index is 12.2. The molecule has 0 spiro atoms. The summed E-state index contributed by atoms with van der Waals surface area (Å²) in [7, 11) is -3.04. The molecule has 0 unspecified atom stereocenters. The van der Waals surface area contributed by atoms with Crippen LogP contribution in [0, 0.1) is 0 Å². The van der Waals surface area contributed by atoms with Crippen molar-refractivity contribution in [2.75, 3.05) is 29.5 Å². The minimum atomic E-state index is -3.04. The molecule has 4 rings (SSSR count). The fraction of sp³-hybridized carbons (Fsp3) is 0.500. The number of piperazine rings is 1. The van der Waals surface area contributed by atoms with E-state index in [-0.39, 0.29) is 23.6 Å². The molecule has 0 aromatic carbocycles. The van der Waals surface area contributed by atoms with Gasteiger partial charge >= 0.3 is 0 Å². The number of sulfone groups is 1. The fourth-order valence-corrected chi connectivity index (χ4v) is 5.99. The highest BCUT2D eigenvalue weighted by Crippen LogP contribution is 2.30. The summed E-state index contributed by atoms with van der Waals surface area (Å²) in [4.78, 5) is 17.2. The summed E-state index contributed by atoms with van der Waals surface area (Å²) in [5, 5.41) is 2.02. The lowest BCUT2D eigenvalue weighted by Crippen LogP contribution is -2.59. The molecule has 2 saturated heterocycles. The number of rotatable bonds is 3. The van der Waals surface area contributed by atoms with Crippen molar-refractivity contribution in [1.82, 2.24) is 19.9 Å². The average Bonchev–Trinajstić information content (AvgIpc) is 3.15. The Bertz CT molecular complexity index is 766. The van der Waals surface area contributed by atoms with Crippen LogP contribution in [0.2, 0.25) is 0 Å². The third-order valence-corrected chi connectivity index (χ3v) is 6.78. The first kappa shape index (κ1) is 15.0. The summed E-state index contributed by atoms with van der Waals surface area (Å²) >= 11 is 1.56. The smallest absolute Gasteiger partial charge is 0.225 e. The van der Waals surface area contributed by atoms with Crippen molar-refractivity contribution in [1.29, 1.82) is 0 Å². The lowest BCUT2D eigenvalue weighted by Gasteiger charge is -2.43. The van der Waals surface area contributed by atoms with Gasteiger partial charge in [-0.25, -0.2) is 23.4 Å². The van der Waals surface area contributed by atoms with Gasteiger partial charge in [-0.05, 0) is 6.07 Å². The van der Waals surface area contributed by atoms with Crippen molar-refractivity contribution in [3.8, 4) is 0 Å². The molecular formula is C14H17N5O2S2. The molecule has 9 heteroatoms. The van der Waals surface area contributed by atoms with E-state index in [0.29, 0.717) is 12.5 Å². The van der Waals surface area contributed by atoms with Crippen LogP contribution in [0.15, 0.2) is 29.4 Å². The van der Waals surface area contributed by atoms with E-state index in [0.717, 1.165) is 18.8 Å². The summed E-state index contributed by atoms with van der Waals surface area (Å²) in [6.07, 6.45) is 3.39. The van der Waals surface area contributed by atoms with Gasteiger partial charge in [0.1, 0.15) is 0 Å².